The van der Waals surface area contributed by atoms with E-state index in [-0.39, 0.29) is 35.5 Å². The van der Waals surface area contributed by atoms with Crippen LogP contribution >= 0.6 is 11.6 Å². The van der Waals surface area contributed by atoms with Gasteiger partial charge in [-0.3, -0.25) is 9.79 Å². The molecule has 5 nitrogen and oxygen atoms in total. The van der Waals surface area contributed by atoms with E-state index in [1.165, 1.54) is 6.07 Å². The third-order valence-electron chi connectivity index (χ3n) is 3.78. The fourth-order valence-corrected chi connectivity index (χ4v) is 2.89. The van der Waals surface area contributed by atoms with Gasteiger partial charge in [0, 0.05) is 18.7 Å². The zero-order chi connectivity index (χ0) is 19.1. The summed E-state index contributed by atoms with van der Waals surface area (Å²) in [5.41, 5.74) is -1.39. The first-order valence-electron chi connectivity index (χ1n) is 7.81. The summed E-state index contributed by atoms with van der Waals surface area (Å²) in [4.78, 5) is 18.0. The highest BCUT2D eigenvalue weighted by Crippen LogP contribution is 2.38. The molecule has 0 unspecified atom stereocenters. The van der Waals surface area contributed by atoms with Crippen LogP contribution in [0.1, 0.15) is 13.3 Å². The van der Waals surface area contributed by atoms with Gasteiger partial charge >= 0.3 is 6.18 Å². The molecule has 1 aromatic carbocycles. The second-order valence-corrected chi connectivity index (χ2v) is 6.02. The smallest absolute Gasteiger partial charge is 0.431 e. The summed E-state index contributed by atoms with van der Waals surface area (Å²) in [5.74, 6) is -2.05. The van der Waals surface area contributed by atoms with Gasteiger partial charge in [-0.2, -0.15) is 13.2 Å². The zero-order valence-electron chi connectivity index (χ0n) is 13.6. The van der Waals surface area contributed by atoms with Crippen LogP contribution in [0, 0.1) is 5.82 Å². The minimum absolute atomic E-state index is 0.000831. The zero-order valence-corrected chi connectivity index (χ0v) is 14.4. The maximum atomic E-state index is 14.4. The second-order valence-electron chi connectivity index (χ2n) is 5.62. The Morgan fingerprint density at radius 3 is 2.73 bits per heavy atom. The minimum atomic E-state index is -4.72. The molecule has 1 aromatic rings. The molecule has 0 saturated heterocycles. The first-order chi connectivity index (χ1) is 12.2. The van der Waals surface area contributed by atoms with Crippen LogP contribution in [-0.2, 0) is 4.79 Å². The number of benzene rings is 1. The average Bonchev–Trinajstić information content (AvgIpc) is 3.02. The lowest BCUT2D eigenvalue weighted by Crippen LogP contribution is -2.51. The summed E-state index contributed by atoms with van der Waals surface area (Å²) in [7, 11) is 0. The number of alkyl halides is 3. The second kappa shape index (κ2) is 6.79. The number of carbonyl (C=O) groups excluding carboxylic acids is 1. The van der Waals surface area contributed by atoms with Crippen molar-refractivity contribution < 1.29 is 27.1 Å². The van der Waals surface area contributed by atoms with Crippen molar-refractivity contribution in [3.63, 3.8) is 0 Å². The molecule has 2 aliphatic heterocycles. The van der Waals surface area contributed by atoms with E-state index in [0.29, 0.717) is 19.1 Å². The standard InChI is InChI=1S/C16H14ClF4N3O2/c1-2-5-26-12-7-11(10(18)6-9(12)17)24-14(25)8-13(16(19,20)21)23-4-3-22-15(23)24/h6-8H,2-5H2,1H3. The Morgan fingerprint density at radius 2 is 2.08 bits per heavy atom. The highest BCUT2D eigenvalue weighted by atomic mass is 35.5. The van der Waals surface area contributed by atoms with Crippen LogP contribution < -0.4 is 9.64 Å². The van der Waals surface area contributed by atoms with E-state index in [4.69, 9.17) is 16.3 Å². The molecule has 0 spiro atoms. The number of allylic oxidation sites excluding steroid dienone is 1. The molecule has 140 valence electrons. The number of hydrogen-bond acceptors (Lipinski definition) is 4. The predicted octanol–water partition coefficient (Wildman–Crippen LogP) is 3.73. The van der Waals surface area contributed by atoms with Crippen LogP contribution in [-0.4, -0.2) is 42.6 Å². The Bertz CT molecular complexity index is 807. The molecule has 10 heteroatoms. The number of hydrogen-bond donors (Lipinski definition) is 0. The number of carbonyl (C=O) groups is 1. The number of amides is 1. The molecule has 26 heavy (non-hydrogen) atoms. The molecule has 0 saturated carbocycles. The first-order valence-corrected chi connectivity index (χ1v) is 8.18. The van der Waals surface area contributed by atoms with Gasteiger partial charge in [-0.15, -0.1) is 0 Å². The summed E-state index contributed by atoms with van der Waals surface area (Å²) in [6.07, 6.45) is -3.62. The Morgan fingerprint density at radius 1 is 1.35 bits per heavy atom. The summed E-state index contributed by atoms with van der Waals surface area (Å²) in [6.45, 7) is 2.17. The van der Waals surface area contributed by atoms with E-state index < -0.39 is 23.6 Å². The molecular formula is C16H14ClF4N3O2. The van der Waals surface area contributed by atoms with Crippen LogP contribution in [0.5, 0.6) is 5.75 Å². The number of nitrogens with zero attached hydrogens (tertiary/aromatic N) is 3. The van der Waals surface area contributed by atoms with E-state index >= 15 is 0 Å². The number of ether oxygens (including phenoxy) is 1. The molecule has 0 aliphatic carbocycles. The predicted molar refractivity (Wildman–Crippen MR) is 87.8 cm³/mol. The third-order valence-corrected chi connectivity index (χ3v) is 4.08. The number of anilines is 1. The average molecular weight is 392 g/mol. The van der Waals surface area contributed by atoms with Crippen LogP contribution in [0.4, 0.5) is 23.2 Å². The summed E-state index contributed by atoms with van der Waals surface area (Å²) in [5, 5.41) is 0.000831. The SMILES string of the molecule is CCCOc1cc(N2C(=O)C=C(C(F)(F)F)N3CCN=C32)c(F)cc1Cl. The van der Waals surface area contributed by atoms with E-state index in [0.717, 1.165) is 15.9 Å². The topological polar surface area (TPSA) is 45.1 Å². The maximum Gasteiger partial charge on any atom is 0.431 e. The summed E-state index contributed by atoms with van der Waals surface area (Å²) < 4.78 is 59.4. The van der Waals surface area contributed by atoms with Crippen molar-refractivity contribution in [2.24, 2.45) is 4.99 Å². The van der Waals surface area contributed by atoms with Crippen molar-refractivity contribution in [1.82, 2.24) is 4.90 Å². The van der Waals surface area contributed by atoms with Gasteiger partial charge in [-0.05, 0) is 12.5 Å². The molecule has 0 N–H and O–H groups in total. The molecule has 2 heterocycles. The van der Waals surface area contributed by atoms with Gasteiger partial charge in [0.25, 0.3) is 5.91 Å². The molecule has 0 bridgehead atoms. The monoisotopic (exact) mass is 391 g/mol. The lowest BCUT2D eigenvalue weighted by Gasteiger charge is -2.35. The number of rotatable bonds is 4. The molecule has 0 fully saturated rings. The lowest BCUT2D eigenvalue weighted by molar-refractivity contribution is -0.119. The van der Waals surface area contributed by atoms with E-state index in [1.54, 1.807) is 0 Å². The van der Waals surface area contributed by atoms with Crippen molar-refractivity contribution in [2.75, 3.05) is 24.6 Å². The van der Waals surface area contributed by atoms with Crippen molar-refractivity contribution in [1.29, 1.82) is 0 Å². The lowest BCUT2D eigenvalue weighted by atomic mass is 10.2. The molecule has 1 amide bonds. The molecule has 0 radical (unpaired) electrons. The Labute approximate surface area is 151 Å². The van der Waals surface area contributed by atoms with Gasteiger partial charge in [-0.1, -0.05) is 18.5 Å². The quantitative estimate of drug-likeness (QED) is 0.735. The highest BCUT2D eigenvalue weighted by molar-refractivity contribution is 6.32. The van der Waals surface area contributed by atoms with E-state index in [1.807, 2.05) is 6.92 Å². The fraction of sp³-hybridized carbons (Fsp3) is 0.375. The molecule has 0 atom stereocenters. The third kappa shape index (κ3) is 3.23. The van der Waals surface area contributed by atoms with Crippen molar-refractivity contribution in [3.8, 4) is 5.75 Å². The summed E-state index contributed by atoms with van der Waals surface area (Å²) >= 11 is 5.94. The van der Waals surface area contributed by atoms with Gasteiger partial charge in [0.2, 0.25) is 5.96 Å². The Balaban J connectivity index is 2.07. The first kappa shape index (κ1) is 18.5. The van der Waals surface area contributed by atoms with E-state index in [9.17, 15) is 22.4 Å². The minimum Gasteiger partial charge on any atom is -0.492 e. The number of halogens is 5. The Hall–Kier alpha value is -2.29. The number of fused-ring (bicyclic) bond motifs is 1. The number of guanidine groups is 1. The maximum absolute atomic E-state index is 14.4. The van der Waals surface area contributed by atoms with Crippen molar-refractivity contribution in [2.45, 2.75) is 19.5 Å². The Kier molecular flexibility index (Phi) is 4.83. The van der Waals surface area contributed by atoms with Crippen LogP contribution in [0.15, 0.2) is 28.9 Å². The van der Waals surface area contributed by atoms with Gasteiger partial charge in [-0.25, -0.2) is 9.29 Å². The molecular weight excluding hydrogens is 378 g/mol. The van der Waals surface area contributed by atoms with Crippen LogP contribution in [0.2, 0.25) is 5.02 Å². The number of aliphatic imine (C=N–C) groups is 1. The van der Waals surface area contributed by atoms with Crippen LogP contribution in [0.3, 0.4) is 0 Å². The molecule has 2 aliphatic rings. The largest absolute Gasteiger partial charge is 0.492 e. The highest BCUT2D eigenvalue weighted by Gasteiger charge is 2.47. The normalized spacial score (nSPS) is 17.2. The fourth-order valence-electron chi connectivity index (χ4n) is 2.69. The van der Waals surface area contributed by atoms with Gasteiger partial charge < -0.3 is 9.64 Å². The van der Waals surface area contributed by atoms with Crippen molar-refractivity contribution >= 4 is 29.2 Å². The van der Waals surface area contributed by atoms with Gasteiger partial charge in [0.15, 0.2) is 0 Å². The van der Waals surface area contributed by atoms with Crippen molar-refractivity contribution in [3.05, 3.63) is 34.7 Å². The van der Waals surface area contributed by atoms with E-state index in [2.05, 4.69) is 4.99 Å². The van der Waals surface area contributed by atoms with Gasteiger partial charge in [0.05, 0.1) is 23.9 Å². The molecule has 3 rings (SSSR count). The van der Waals surface area contributed by atoms with Gasteiger partial charge in [0.1, 0.15) is 17.3 Å². The summed E-state index contributed by atoms with van der Waals surface area (Å²) in [6, 6.07) is 2.15. The van der Waals surface area contributed by atoms with Crippen LogP contribution in [0.25, 0.3) is 0 Å². The molecule has 0 aromatic heterocycles.